The highest BCUT2D eigenvalue weighted by atomic mass is 14.8. The topological polar surface area (TPSA) is 28.7 Å². The van der Waals surface area contributed by atoms with Gasteiger partial charge in [-0.3, -0.25) is 4.98 Å². The van der Waals surface area contributed by atoms with Crippen molar-refractivity contribution in [2.24, 2.45) is 0 Å². The highest BCUT2D eigenvalue weighted by molar-refractivity contribution is 6.10. The molecular weight excluding hydrogens is 388 g/mol. The van der Waals surface area contributed by atoms with Crippen LogP contribution in [0.5, 0.6) is 0 Å². The van der Waals surface area contributed by atoms with Gasteiger partial charge in [0.05, 0.1) is 17.4 Å². The Labute approximate surface area is 186 Å². The van der Waals surface area contributed by atoms with Crippen molar-refractivity contribution >= 4 is 21.8 Å². The Kier molecular flexibility index (Phi) is 3.65. The minimum Gasteiger partial charge on any atom is -0.353 e. The molecule has 2 heterocycles. The fourth-order valence-electron chi connectivity index (χ4n) is 5.27. The molecular formula is C30H20N2. The number of pyridine rings is 1. The first-order chi connectivity index (χ1) is 15.9. The smallest absolute Gasteiger partial charge is 0.0709 e. The zero-order valence-electron chi connectivity index (χ0n) is 17.4. The van der Waals surface area contributed by atoms with Gasteiger partial charge in [0, 0.05) is 27.8 Å². The second-order valence-electron chi connectivity index (χ2n) is 8.52. The molecule has 1 unspecified atom stereocenters. The van der Waals surface area contributed by atoms with Gasteiger partial charge >= 0.3 is 0 Å². The third-order valence-corrected chi connectivity index (χ3v) is 6.73. The number of rotatable bonds is 2. The van der Waals surface area contributed by atoms with Gasteiger partial charge in [-0.25, -0.2) is 0 Å². The summed E-state index contributed by atoms with van der Waals surface area (Å²) in [6, 6.07) is 37.0. The quantitative estimate of drug-likeness (QED) is 0.314. The Bertz CT molecular complexity index is 1610. The Hall–Kier alpha value is -4.17. The lowest BCUT2D eigenvalue weighted by atomic mass is 9.89. The number of hydrogen-bond donors (Lipinski definition) is 1. The van der Waals surface area contributed by atoms with E-state index in [4.69, 9.17) is 4.98 Å². The number of benzene rings is 4. The van der Waals surface area contributed by atoms with E-state index in [1.807, 2.05) is 12.3 Å². The van der Waals surface area contributed by atoms with Crippen LogP contribution in [0, 0.1) is 0 Å². The lowest BCUT2D eigenvalue weighted by molar-refractivity contribution is 1.02. The number of aromatic amines is 1. The molecule has 0 bridgehead atoms. The zero-order valence-corrected chi connectivity index (χ0v) is 17.4. The third kappa shape index (κ3) is 2.50. The van der Waals surface area contributed by atoms with E-state index in [1.54, 1.807) is 0 Å². The maximum absolute atomic E-state index is 4.72. The Morgan fingerprint density at radius 3 is 2.16 bits per heavy atom. The molecule has 4 aromatic carbocycles. The van der Waals surface area contributed by atoms with E-state index >= 15 is 0 Å². The molecule has 32 heavy (non-hydrogen) atoms. The monoisotopic (exact) mass is 408 g/mol. The van der Waals surface area contributed by atoms with Gasteiger partial charge in [0.2, 0.25) is 0 Å². The van der Waals surface area contributed by atoms with Gasteiger partial charge in [-0.2, -0.15) is 0 Å². The molecule has 0 fully saturated rings. The number of nitrogens with zero attached hydrogens (tertiary/aromatic N) is 1. The van der Waals surface area contributed by atoms with Crippen molar-refractivity contribution < 1.29 is 0 Å². The predicted molar refractivity (Wildman–Crippen MR) is 132 cm³/mol. The zero-order chi connectivity index (χ0) is 21.1. The molecule has 2 aromatic heterocycles. The standard InChI is InChI=1S/C30H20N2/c1-3-9-19(10-4-1)27-16-25-24-15-23-21-13-7-8-14-22(21)30(20-11-5-2-6-12-20)26(23)17-28(24)32-29(25)18-31-27/h1-18,30,32H. The van der Waals surface area contributed by atoms with E-state index in [0.29, 0.717) is 0 Å². The molecule has 0 radical (unpaired) electrons. The Morgan fingerprint density at radius 1 is 0.594 bits per heavy atom. The summed E-state index contributed by atoms with van der Waals surface area (Å²) in [4.78, 5) is 8.34. The van der Waals surface area contributed by atoms with Crippen molar-refractivity contribution in [2.75, 3.05) is 0 Å². The van der Waals surface area contributed by atoms with Gasteiger partial charge in [-0.15, -0.1) is 0 Å². The van der Waals surface area contributed by atoms with Gasteiger partial charge in [0.25, 0.3) is 0 Å². The maximum Gasteiger partial charge on any atom is 0.0709 e. The number of nitrogens with one attached hydrogen (secondary N) is 1. The van der Waals surface area contributed by atoms with Crippen molar-refractivity contribution in [3.63, 3.8) is 0 Å². The van der Waals surface area contributed by atoms with Crippen molar-refractivity contribution in [3.05, 3.63) is 126 Å². The highest BCUT2D eigenvalue weighted by Gasteiger charge is 2.30. The SMILES string of the molecule is c1ccc(-c2cc3c(cn2)[nH]c2cc4c(cc23)-c2ccccc2C4c2ccccc2)cc1. The van der Waals surface area contributed by atoms with Gasteiger partial charge < -0.3 is 4.98 Å². The fraction of sp³-hybridized carbons (Fsp3) is 0.0333. The first kappa shape index (κ1) is 17.5. The molecule has 2 nitrogen and oxygen atoms in total. The number of H-pyrrole nitrogens is 1. The highest BCUT2D eigenvalue weighted by Crippen LogP contribution is 2.49. The minimum atomic E-state index is 0.260. The third-order valence-electron chi connectivity index (χ3n) is 6.73. The van der Waals surface area contributed by atoms with Crippen molar-refractivity contribution in [2.45, 2.75) is 5.92 Å². The minimum absolute atomic E-state index is 0.260. The molecule has 1 N–H and O–H groups in total. The van der Waals surface area contributed by atoms with E-state index in [9.17, 15) is 0 Å². The average Bonchev–Trinajstić information content (AvgIpc) is 3.38. The molecule has 0 amide bonds. The lowest BCUT2D eigenvalue weighted by Gasteiger charge is -2.14. The summed E-state index contributed by atoms with van der Waals surface area (Å²) in [5.74, 6) is 0.260. The van der Waals surface area contributed by atoms with Gasteiger partial charge in [-0.1, -0.05) is 84.9 Å². The number of aromatic nitrogens is 2. The maximum atomic E-state index is 4.72. The van der Waals surface area contributed by atoms with Gasteiger partial charge in [-0.05, 0) is 46.0 Å². The second kappa shape index (κ2) is 6.66. The molecule has 0 saturated carbocycles. The summed E-state index contributed by atoms with van der Waals surface area (Å²) in [7, 11) is 0. The molecule has 1 aliphatic carbocycles. The average molecular weight is 409 g/mol. The summed E-state index contributed by atoms with van der Waals surface area (Å²) in [6.07, 6.45) is 1.96. The summed E-state index contributed by atoms with van der Waals surface area (Å²) < 4.78 is 0. The second-order valence-corrected chi connectivity index (χ2v) is 8.52. The molecule has 0 saturated heterocycles. The first-order valence-corrected chi connectivity index (χ1v) is 11.0. The molecule has 150 valence electrons. The number of hydrogen-bond acceptors (Lipinski definition) is 1. The number of fused-ring (bicyclic) bond motifs is 6. The van der Waals surface area contributed by atoms with E-state index in [2.05, 4.69) is 102 Å². The molecule has 7 rings (SSSR count). The largest absolute Gasteiger partial charge is 0.353 e. The van der Waals surface area contributed by atoms with E-state index < -0.39 is 0 Å². The van der Waals surface area contributed by atoms with Crippen LogP contribution in [0.1, 0.15) is 22.6 Å². The summed E-state index contributed by atoms with van der Waals surface area (Å²) >= 11 is 0. The van der Waals surface area contributed by atoms with Crippen LogP contribution >= 0.6 is 0 Å². The summed E-state index contributed by atoms with van der Waals surface area (Å²) in [6.45, 7) is 0. The molecule has 1 aliphatic rings. The van der Waals surface area contributed by atoms with E-state index in [1.165, 1.54) is 44.1 Å². The molecule has 0 aliphatic heterocycles. The molecule has 1 atom stereocenters. The van der Waals surface area contributed by atoms with Crippen molar-refractivity contribution in [1.29, 1.82) is 0 Å². The van der Waals surface area contributed by atoms with Gasteiger partial charge in [0.1, 0.15) is 0 Å². The van der Waals surface area contributed by atoms with Crippen LogP contribution in [0.3, 0.4) is 0 Å². The van der Waals surface area contributed by atoms with Crippen LogP contribution in [0.25, 0.3) is 44.2 Å². The first-order valence-electron chi connectivity index (χ1n) is 11.0. The van der Waals surface area contributed by atoms with Crippen LogP contribution in [-0.4, -0.2) is 9.97 Å². The normalized spacial score (nSPS) is 14.6. The summed E-state index contributed by atoms with van der Waals surface area (Å²) in [5.41, 5.74) is 11.1. The van der Waals surface area contributed by atoms with E-state index in [0.717, 1.165) is 16.8 Å². The van der Waals surface area contributed by atoms with Crippen molar-refractivity contribution in [3.8, 4) is 22.4 Å². The lowest BCUT2D eigenvalue weighted by Crippen LogP contribution is -1.98. The van der Waals surface area contributed by atoms with Crippen LogP contribution in [0.2, 0.25) is 0 Å². The van der Waals surface area contributed by atoms with Crippen LogP contribution in [0.4, 0.5) is 0 Å². The van der Waals surface area contributed by atoms with Crippen molar-refractivity contribution in [1.82, 2.24) is 9.97 Å². The Morgan fingerprint density at radius 2 is 1.31 bits per heavy atom. The van der Waals surface area contributed by atoms with Gasteiger partial charge in [0.15, 0.2) is 0 Å². The predicted octanol–water partition coefficient (Wildman–Crippen LogP) is 7.54. The van der Waals surface area contributed by atoms with E-state index in [-0.39, 0.29) is 5.92 Å². The van der Waals surface area contributed by atoms with Crippen LogP contribution in [-0.2, 0) is 0 Å². The fourth-order valence-corrected chi connectivity index (χ4v) is 5.27. The molecule has 0 spiro atoms. The molecule has 6 aromatic rings. The van der Waals surface area contributed by atoms with Crippen LogP contribution < -0.4 is 0 Å². The summed E-state index contributed by atoms with van der Waals surface area (Å²) in [5, 5.41) is 2.47. The Balaban J connectivity index is 1.49. The molecule has 2 heteroatoms. The van der Waals surface area contributed by atoms with Crippen LogP contribution in [0.15, 0.2) is 109 Å².